The summed E-state index contributed by atoms with van der Waals surface area (Å²) in [5, 5.41) is 0. The third-order valence-electron chi connectivity index (χ3n) is 3.70. The van der Waals surface area contributed by atoms with Crippen molar-refractivity contribution in [3.05, 3.63) is 35.4 Å². The second-order valence-corrected chi connectivity index (χ2v) is 5.22. The number of carbonyl (C=O) groups excluding carboxylic acids is 2. The molecule has 0 N–H and O–H groups in total. The maximum absolute atomic E-state index is 12.3. The van der Waals surface area contributed by atoms with Crippen molar-refractivity contribution in [3.63, 3.8) is 0 Å². The summed E-state index contributed by atoms with van der Waals surface area (Å²) in [6.07, 6.45) is 4.83. The summed E-state index contributed by atoms with van der Waals surface area (Å²) in [5.41, 5.74) is 1.71. The van der Waals surface area contributed by atoms with Gasteiger partial charge in [0.1, 0.15) is 0 Å². The van der Waals surface area contributed by atoms with E-state index in [0.717, 1.165) is 43.4 Å². The minimum atomic E-state index is 0.0482. The number of carbonyl (C=O) groups is 2. The number of benzene rings is 1. The van der Waals surface area contributed by atoms with Crippen LogP contribution in [0, 0.1) is 6.92 Å². The molecule has 0 aromatic heterocycles. The first-order valence-electron chi connectivity index (χ1n) is 7.05. The van der Waals surface area contributed by atoms with E-state index in [0.29, 0.717) is 6.42 Å². The van der Waals surface area contributed by atoms with E-state index in [9.17, 15) is 9.59 Å². The van der Waals surface area contributed by atoms with Gasteiger partial charge < -0.3 is 4.90 Å². The molecule has 3 nitrogen and oxygen atoms in total. The number of likely N-dealkylation sites (tertiary alicyclic amines) is 1. The van der Waals surface area contributed by atoms with Crippen molar-refractivity contribution in [2.24, 2.45) is 0 Å². The quantitative estimate of drug-likeness (QED) is 0.783. The molecule has 1 aromatic rings. The summed E-state index contributed by atoms with van der Waals surface area (Å²) in [6, 6.07) is 7.57. The highest BCUT2D eigenvalue weighted by atomic mass is 16.2. The van der Waals surface area contributed by atoms with Crippen molar-refractivity contribution in [2.75, 3.05) is 13.1 Å². The third kappa shape index (κ3) is 3.66. The Morgan fingerprint density at radius 3 is 2.68 bits per heavy atom. The molecule has 0 aliphatic carbocycles. The van der Waals surface area contributed by atoms with Gasteiger partial charge in [0.25, 0.3) is 0 Å². The van der Waals surface area contributed by atoms with Gasteiger partial charge >= 0.3 is 0 Å². The van der Waals surface area contributed by atoms with Crippen LogP contribution in [0.4, 0.5) is 0 Å². The van der Waals surface area contributed by atoms with E-state index in [4.69, 9.17) is 0 Å². The summed E-state index contributed by atoms with van der Waals surface area (Å²) < 4.78 is 0. The number of rotatable bonds is 3. The Hall–Kier alpha value is -1.64. The van der Waals surface area contributed by atoms with Gasteiger partial charge in [0.15, 0.2) is 5.78 Å². The molecule has 1 heterocycles. The molecule has 2 rings (SSSR count). The summed E-state index contributed by atoms with van der Waals surface area (Å²) in [4.78, 5) is 26.0. The predicted molar refractivity (Wildman–Crippen MR) is 75.2 cm³/mol. The molecule has 1 fully saturated rings. The van der Waals surface area contributed by atoms with Gasteiger partial charge in [-0.1, -0.05) is 37.1 Å². The van der Waals surface area contributed by atoms with Crippen molar-refractivity contribution in [1.29, 1.82) is 0 Å². The fraction of sp³-hybridized carbons (Fsp3) is 0.500. The van der Waals surface area contributed by atoms with Gasteiger partial charge in [-0.15, -0.1) is 0 Å². The van der Waals surface area contributed by atoms with Crippen molar-refractivity contribution >= 4 is 11.7 Å². The molecule has 1 aliphatic rings. The second-order valence-electron chi connectivity index (χ2n) is 5.22. The standard InChI is InChI=1S/C16H21NO2/c1-13-8-5-6-9-14(13)15(18)12-17-11-7-3-2-4-10-16(17)19/h5-6,8-9H,2-4,7,10-12H2,1H3. The molecule has 0 spiro atoms. The van der Waals surface area contributed by atoms with Crippen LogP contribution in [0.3, 0.4) is 0 Å². The Balaban J connectivity index is 2.04. The maximum Gasteiger partial charge on any atom is 0.222 e. The number of Topliss-reactive ketones (excluding diaryl/α,β-unsaturated/α-hetero) is 1. The zero-order valence-electron chi connectivity index (χ0n) is 11.5. The van der Waals surface area contributed by atoms with Crippen molar-refractivity contribution in [3.8, 4) is 0 Å². The number of hydrogen-bond donors (Lipinski definition) is 0. The first-order chi connectivity index (χ1) is 9.18. The molecule has 0 atom stereocenters. The predicted octanol–water partition coefficient (Wildman–Crippen LogP) is 2.97. The zero-order valence-corrected chi connectivity index (χ0v) is 11.5. The fourth-order valence-corrected chi connectivity index (χ4v) is 2.53. The van der Waals surface area contributed by atoms with E-state index < -0.39 is 0 Å². The topological polar surface area (TPSA) is 37.4 Å². The SMILES string of the molecule is Cc1ccccc1C(=O)CN1CCCCCCC1=O. The van der Waals surface area contributed by atoms with Gasteiger partial charge in [0.2, 0.25) is 5.91 Å². The molecular formula is C16H21NO2. The number of aryl methyl sites for hydroxylation is 1. The average molecular weight is 259 g/mol. The minimum Gasteiger partial charge on any atom is -0.335 e. The first-order valence-corrected chi connectivity index (χ1v) is 7.05. The van der Waals surface area contributed by atoms with Crippen molar-refractivity contribution in [1.82, 2.24) is 4.90 Å². The second kappa shape index (κ2) is 6.50. The lowest BCUT2D eigenvalue weighted by atomic mass is 10.0. The molecular weight excluding hydrogens is 238 g/mol. The molecule has 1 saturated heterocycles. The third-order valence-corrected chi connectivity index (χ3v) is 3.70. The van der Waals surface area contributed by atoms with Crippen LogP contribution in [-0.2, 0) is 4.79 Å². The summed E-state index contributed by atoms with van der Waals surface area (Å²) in [5.74, 6) is 0.175. The molecule has 102 valence electrons. The normalized spacial score (nSPS) is 16.9. The highest BCUT2D eigenvalue weighted by molar-refractivity contribution is 6.00. The zero-order chi connectivity index (χ0) is 13.7. The van der Waals surface area contributed by atoms with Crippen LogP contribution in [-0.4, -0.2) is 29.7 Å². The Morgan fingerprint density at radius 2 is 1.89 bits per heavy atom. The summed E-state index contributed by atoms with van der Waals surface area (Å²) in [6.45, 7) is 2.88. The Kier molecular flexibility index (Phi) is 4.72. The Morgan fingerprint density at radius 1 is 1.16 bits per heavy atom. The van der Waals surface area contributed by atoms with Crippen molar-refractivity contribution in [2.45, 2.75) is 39.0 Å². The van der Waals surface area contributed by atoms with Gasteiger partial charge in [0, 0.05) is 18.5 Å². The monoisotopic (exact) mass is 259 g/mol. The fourth-order valence-electron chi connectivity index (χ4n) is 2.53. The lowest BCUT2D eigenvalue weighted by Crippen LogP contribution is -2.37. The van der Waals surface area contributed by atoms with E-state index >= 15 is 0 Å². The molecule has 3 heteroatoms. The van der Waals surface area contributed by atoms with E-state index in [2.05, 4.69) is 0 Å². The lowest BCUT2D eigenvalue weighted by Gasteiger charge is -2.24. The number of nitrogens with zero attached hydrogens (tertiary/aromatic N) is 1. The van der Waals surface area contributed by atoms with Crippen LogP contribution in [0.25, 0.3) is 0 Å². The average Bonchev–Trinajstić information content (AvgIpc) is 2.39. The van der Waals surface area contributed by atoms with Crippen molar-refractivity contribution < 1.29 is 9.59 Å². The maximum atomic E-state index is 12.3. The van der Waals surface area contributed by atoms with Gasteiger partial charge in [0.05, 0.1) is 6.54 Å². The van der Waals surface area contributed by atoms with E-state index in [1.165, 1.54) is 0 Å². The first kappa shape index (κ1) is 13.8. The molecule has 0 radical (unpaired) electrons. The molecule has 0 saturated carbocycles. The largest absolute Gasteiger partial charge is 0.335 e. The molecule has 0 unspecified atom stereocenters. The van der Waals surface area contributed by atoms with Crippen LogP contribution >= 0.6 is 0 Å². The molecule has 1 aliphatic heterocycles. The Bertz CT molecular complexity index is 468. The van der Waals surface area contributed by atoms with E-state index in [1.807, 2.05) is 31.2 Å². The lowest BCUT2D eigenvalue weighted by molar-refractivity contribution is -0.131. The van der Waals surface area contributed by atoms with Gasteiger partial charge in [-0.25, -0.2) is 0 Å². The highest BCUT2D eigenvalue weighted by Crippen LogP contribution is 2.14. The molecule has 0 bridgehead atoms. The number of hydrogen-bond acceptors (Lipinski definition) is 2. The highest BCUT2D eigenvalue weighted by Gasteiger charge is 2.19. The van der Waals surface area contributed by atoms with Gasteiger partial charge in [-0.05, 0) is 25.3 Å². The molecule has 1 aromatic carbocycles. The van der Waals surface area contributed by atoms with Crippen LogP contribution in [0.5, 0.6) is 0 Å². The van der Waals surface area contributed by atoms with Gasteiger partial charge in [-0.3, -0.25) is 9.59 Å². The van der Waals surface area contributed by atoms with Crippen LogP contribution in [0.15, 0.2) is 24.3 Å². The molecule has 1 amide bonds. The number of ketones is 1. The molecule has 19 heavy (non-hydrogen) atoms. The van der Waals surface area contributed by atoms with E-state index in [1.54, 1.807) is 4.90 Å². The Labute approximate surface area is 114 Å². The van der Waals surface area contributed by atoms with Crippen LogP contribution in [0.1, 0.15) is 48.0 Å². The minimum absolute atomic E-state index is 0.0482. The summed E-state index contributed by atoms with van der Waals surface area (Å²) in [7, 11) is 0. The smallest absolute Gasteiger partial charge is 0.222 e. The van der Waals surface area contributed by atoms with Crippen LogP contribution < -0.4 is 0 Å². The summed E-state index contributed by atoms with van der Waals surface area (Å²) >= 11 is 0. The van der Waals surface area contributed by atoms with Gasteiger partial charge in [-0.2, -0.15) is 0 Å². The van der Waals surface area contributed by atoms with Crippen LogP contribution in [0.2, 0.25) is 0 Å². The number of amides is 1. The van der Waals surface area contributed by atoms with E-state index in [-0.39, 0.29) is 18.2 Å².